The lowest BCUT2D eigenvalue weighted by Crippen LogP contribution is -2.08. The second-order valence-electron chi connectivity index (χ2n) is 4.02. The van der Waals surface area contributed by atoms with Crippen molar-refractivity contribution in [1.29, 1.82) is 0 Å². The Morgan fingerprint density at radius 2 is 2.11 bits per heavy atom. The van der Waals surface area contributed by atoms with Crippen molar-refractivity contribution in [2.24, 2.45) is 0 Å². The van der Waals surface area contributed by atoms with Gasteiger partial charge in [0.2, 0.25) is 0 Å². The summed E-state index contributed by atoms with van der Waals surface area (Å²) in [4.78, 5) is 14.8. The summed E-state index contributed by atoms with van der Waals surface area (Å²) in [5.41, 5.74) is 0.937. The van der Waals surface area contributed by atoms with Crippen molar-refractivity contribution >= 4 is 5.97 Å². The highest BCUT2D eigenvalue weighted by molar-refractivity contribution is 5.70. The summed E-state index contributed by atoms with van der Waals surface area (Å²) < 4.78 is 27.8. The zero-order chi connectivity index (χ0) is 14.0. The molecule has 0 saturated carbocycles. The van der Waals surface area contributed by atoms with Crippen LogP contribution in [0.25, 0.3) is 11.4 Å². The number of aromatic nitrogens is 2. The van der Waals surface area contributed by atoms with Crippen molar-refractivity contribution in [2.45, 2.75) is 19.9 Å². The van der Waals surface area contributed by atoms with Crippen LogP contribution in [0, 0.1) is 11.6 Å². The van der Waals surface area contributed by atoms with E-state index in [1.807, 2.05) is 6.92 Å². The van der Waals surface area contributed by atoms with Gasteiger partial charge in [-0.3, -0.25) is 4.79 Å². The summed E-state index contributed by atoms with van der Waals surface area (Å²) in [6, 6.07) is 3.49. The molecule has 1 heterocycles. The van der Waals surface area contributed by atoms with E-state index in [1.165, 1.54) is 12.3 Å². The number of aliphatic carboxylic acids is 1. The summed E-state index contributed by atoms with van der Waals surface area (Å²) in [5, 5.41) is 8.80. The third-order valence-electron chi connectivity index (χ3n) is 2.76. The number of rotatable bonds is 4. The number of hydrogen-bond acceptors (Lipinski definition) is 2. The summed E-state index contributed by atoms with van der Waals surface area (Å²) in [6.07, 6.45) is 1.28. The fraction of sp³-hybridized carbons (Fsp3) is 0.231. The first-order chi connectivity index (χ1) is 9.02. The van der Waals surface area contributed by atoms with Crippen LogP contribution in [-0.4, -0.2) is 20.6 Å². The fourth-order valence-corrected chi connectivity index (χ4v) is 1.93. The van der Waals surface area contributed by atoms with Crippen LogP contribution in [0.5, 0.6) is 0 Å². The number of halogens is 2. The second-order valence-corrected chi connectivity index (χ2v) is 4.02. The molecule has 0 bridgehead atoms. The lowest BCUT2D eigenvalue weighted by molar-refractivity contribution is -0.136. The summed E-state index contributed by atoms with van der Waals surface area (Å²) >= 11 is 0. The van der Waals surface area contributed by atoms with Crippen molar-refractivity contribution in [2.75, 3.05) is 0 Å². The number of carboxylic acid groups (broad SMARTS) is 1. The van der Waals surface area contributed by atoms with Crippen LogP contribution < -0.4 is 0 Å². The third kappa shape index (κ3) is 2.62. The van der Waals surface area contributed by atoms with Gasteiger partial charge < -0.3 is 9.67 Å². The largest absolute Gasteiger partial charge is 0.481 e. The first kappa shape index (κ1) is 13.2. The lowest BCUT2D eigenvalue weighted by atomic mass is 10.2. The van der Waals surface area contributed by atoms with Crippen LogP contribution in [0.1, 0.15) is 12.6 Å². The molecule has 6 heteroatoms. The Morgan fingerprint density at radius 3 is 2.68 bits per heavy atom. The maximum atomic E-state index is 13.2. The number of benzene rings is 1. The molecule has 1 aromatic heterocycles. The van der Waals surface area contributed by atoms with E-state index in [-0.39, 0.29) is 6.42 Å². The Morgan fingerprint density at radius 1 is 1.37 bits per heavy atom. The van der Waals surface area contributed by atoms with Gasteiger partial charge in [-0.25, -0.2) is 13.8 Å². The van der Waals surface area contributed by atoms with Crippen LogP contribution in [-0.2, 0) is 17.8 Å². The molecular formula is C13H12F2N2O2. The van der Waals surface area contributed by atoms with E-state index < -0.39 is 17.6 Å². The van der Waals surface area contributed by atoms with Crippen LogP contribution >= 0.6 is 0 Å². The Balaban J connectivity index is 2.47. The van der Waals surface area contributed by atoms with E-state index in [0.29, 0.717) is 23.6 Å². The molecule has 4 nitrogen and oxygen atoms in total. The van der Waals surface area contributed by atoms with E-state index in [2.05, 4.69) is 4.98 Å². The Bertz CT molecular complexity index is 623. The molecule has 0 aliphatic rings. The maximum Gasteiger partial charge on any atom is 0.309 e. The van der Waals surface area contributed by atoms with Crippen LogP contribution in [0.15, 0.2) is 24.4 Å². The van der Waals surface area contributed by atoms with Gasteiger partial charge in [-0.05, 0) is 25.1 Å². The minimum atomic E-state index is -0.966. The average molecular weight is 266 g/mol. The molecule has 0 saturated heterocycles. The zero-order valence-electron chi connectivity index (χ0n) is 10.2. The first-order valence-electron chi connectivity index (χ1n) is 5.74. The Kier molecular flexibility index (Phi) is 3.59. The van der Waals surface area contributed by atoms with Crippen LogP contribution in [0.4, 0.5) is 8.78 Å². The van der Waals surface area contributed by atoms with Gasteiger partial charge in [0, 0.05) is 24.0 Å². The second kappa shape index (κ2) is 5.17. The van der Waals surface area contributed by atoms with Gasteiger partial charge >= 0.3 is 5.97 Å². The molecule has 2 aromatic rings. The minimum Gasteiger partial charge on any atom is -0.481 e. The molecular weight excluding hydrogens is 254 g/mol. The Labute approximate surface area is 108 Å². The summed E-state index contributed by atoms with van der Waals surface area (Å²) in [5.74, 6) is -2.42. The summed E-state index contributed by atoms with van der Waals surface area (Å²) in [6.45, 7) is 2.33. The van der Waals surface area contributed by atoms with E-state index in [1.54, 1.807) is 4.57 Å². The Hall–Kier alpha value is -2.24. The van der Waals surface area contributed by atoms with Gasteiger partial charge in [-0.2, -0.15) is 0 Å². The minimum absolute atomic E-state index is 0.162. The van der Waals surface area contributed by atoms with Crippen molar-refractivity contribution < 1.29 is 18.7 Å². The molecule has 19 heavy (non-hydrogen) atoms. The molecule has 0 unspecified atom stereocenters. The molecule has 100 valence electrons. The van der Waals surface area contributed by atoms with Crippen molar-refractivity contribution in [3.8, 4) is 11.4 Å². The fourth-order valence-electron chi connectivity index (χ4n) is 1.93. The van der Waals surface area contributed by atoms with Gasteiger partial charge in [0.15, 0.2) is 11.6 Å². The number of hydrogen-bond donors (Lipinski definition) is 1. The molecule has 2 rings (SSSR count). The molecule has 0 aliphatic heterocycles. The van der Waals surface area contributed by atoms with E-state index >= 15 is 0 Å². The molecule has 1 aromatic carbocycles. The van der Waals surface area contributed by atoms with Gasteiger partial charge in [0.05, 0.1) is 6.42 Å². The normalized spacial score (nSPS) is 10.7. The molecule has 0 aliphatic carbocycles. The number of nitrogens with zero attached hydrogens (tertiary/aromatic N) is 2. The smallest absolute Gasteiger partial charge is 0.309 e. The zero-order valence-corrected chi connectivity index (χ0v) is 10.2. The maximum absolute atomic E-state index is 13.2. The van der Waals surface area contributed by atoms with Crippen molar-refractivity contribution in [1.82, 2.24) is 9.55 Å². The summed E-state index contributed by atoms with van der Waals surface area (Å²) in [7, 11) is 0. The average Bonchev–Trinajstić information content (AvgIpc) is 2.74. The molecule has 0 atom stereocenters. The SMILES string of the molecule is CCn1c(CC(=O)O)cnc1-c1ccc(F)c(F)c1. The predicted octanol–water partition coefficient (Wildman–Crippen LogP) is 2.48. The van der Waals surface area contributed by atoms with E-state index in [9.17, 15) is 13.6 Å². The molecule has 0 spiro atoms. The van der Waals surface area contributed by atoms with Gasteiger partial charge in [0.25, 0.3) is 0 Å². The number of imidazole rings is 1. The van der Waals surface area contributed by atoms with Crippen molar-refractivity contribution in [3.05, 3.63) is 41.7 Å². The number of carbonyl (C=O) groups is 1. The van der Waals surface area contributed by atoms with Gasteiger partial charge in [-0.15, -0.1) is 0 Å². The van der Waals surface area contributed by atoms with Gasteiger partial charge in [0.1, 0.15) is 5.82 Å². The quantitative estimate of drug-likeness (QED) is 0.924. The topological polar surface area (TPSA) is 55.1 Å². The van der Waals surface area contributed by atoms with E-state index in [0.717, 1.165) is 12.1 Å². The monoisotopic (exact) mass is 266 g/mol. The van der Waals surface area contributed by atoms with E-state index in [4.69, 9.17) is 5.11 Å². The molecule has 0 fully saturated rings. The van der Waals surface area contributed by atoms with Crippen molar-refractivity contribution in [3.63, 3.8) is 0 Å². The molecule has 0 radical (unpaired) electrons. The first-order valence-corrected chi connectivity index (χ1v) is 5.74. The predicted molar refractivity (Wildman–Crippen MR) is 64.6 cm³/mol. The highest BCUT2D eigenvalue weighted by Crippen LogP contribution is 2.22. The highest BCUT2D eigenvalue weighted by atomic mass is 19.2. The third-order valence-corrected chi connectivity index (χ3v) is 2.76. The van der Waals surface area contributed by atoms with Crippen LogP contribution in [0.3, 0.4) is 0 Å². The standard InChI is InChI=1S/C13H12F2N2O2/c1-2-17-9(6-12(18)19)7-16-13(17)8-3-4-10(14)11(15)5-8/h3-5,7H,2,6H2,1H3,(H,18,19). The molecule has 0 amide bonds. The lowest BCUT2D eigenvalue weighted by Gasteiger charge is -2.08. The molecule has 1 N–H and O–H groups in total. The highest BCUT2D eigenvalue weighted by Gasteiger charge is 2.14. The van der Waals surface area contributed by atoms with Gasteiger partial charge in [-0.1, -0.05) is 0 Å². The number of carboxylic acids is 1. The van der Waals surface area contributed by atoms with Crippen LogP contribution in [0.2, 0.25) is 0 Å².